The first kappa shape index (κ1) is 55.6. The largest absolute Gasteiger partial charge is 0.397 e. The highest BCUT2D eigenvalue weighted by molar-refractivity contribution is 7.80. The van der Waals surface area contributed by atoms with E-state index in [2.05, 4.69) is 35.5 Å². The minimum Gasteiger partial charge on any atom is -0.394 e. The van der Waals surface area contributed by atoms with Gasteiger partial charge in [0.15, 0.2) is 6.29 Å². The van der Waals surface area contributed by atoms with Crippen molar-refractivity contribution in [3.05, 3.63) is 24.3 Å². The van der Waals surface area contributed by atoms with E-state index >= 15 is 0 Å². The number of carbonyl (C=O) groups excluding carboxylic acids is 1. The molecule has 0 aromatic heterocycles. The van der Waals surface area contributed by atoms with E-state index in [-0.39, 0.29) is 6.42 Å². The van der Waals surface area contributed by atoms with Gasteiger partial charge in [-0.3, -0.25) is 9.35 Å². The second-order valence-electron chi connectivity index (χ2n) is 16.5. The maximum absolute atomic E-state index is 13.1. The second-order valence-corrected chi connectivity index (χ2v) is 17.5. The van der Waals surface area contributed by atoms with E-state index in [0.29, 0.717) is 12.8 Å². The summed E-state index contributed by atoms with van der Waals surface area (Å²) in [6, 6.07) is -1.13. The van der Waals surface area contributed by atoms with E-state index in [1.54, 1.807) is 6.08 Å². The monoisotopic (exact) mass is 864 g/mol. The third kappa shape index (κ3) is 28.7. The first-order chi connectivity index (χ1) is 28.4. The lowest BCUT2D eigenvalue weighted by atomic mass is 9.99. The van der Waals surface area contributed by atoms with E-state index in [1.165, 1.54) is 128 Å². The van der Waals surface area contributed by atoms with Gasteiger partial charge in [-0.25, -0.2) is 4.18 Å². The summed E-state index contributed by atoms with van der Waals surface area (Å²) in [6.07, 6.45) is 28.4. The topological polar surface area (TPSA) is 212 Å². The van der Waals surface area contributed by atoms with Crippen LogP contribution in [0.4, 0.5) is 0 Å². The van der Waals surface area contributed by atoms with Gasteiger partial charge in [0.2, 0.25) is 5.91 Å². The van der Waals surface area contributed by atoms with Crippen molar-refractivity contribution in [3.63, 3.8) is 0 Å². The van der Waals surface area contributed by atoms with Crippen molar-refractivity contribution >= 4 is 16.3 Å². The maximum atomic E-state index is 13.1. The third-order valence-corrected chi connectivity index (χ3v) is 11.6. The van der Waals surface area contributed by atoms with Crippen LogP contribution in [-0.2, 0) is 28.9 Å². The number of nitrogens with one attached hydrogen (secondary N) is 1. The molecule has 0 bridgehead atoms. The molecule has 1 rings (SSSR count). The first-order valence-electron chi connectivity index (χ1n) is 23.3. The van der Waals surface area contributed by atoms with Crippen LogP contribution in [0, 0.1) is 0 Å². The lowest BCUT2D eigenvalue weighted by Gasteiger charge is -2.41. The molecule has 1 heterocycles. The van der Waals surface area contributed by atoms with Crippen molar-refractivity contribution < 1.29 is 57.0 Å². The number of carbonyl (C=O) groups is 1. The van der Waals surface area contributed by atoms with Crippen LogP contribution in [0.25, 0.3) is 0 Å². The molecule has 1 aliphatic heterocycles. The Morgan fingerprint density at radius 3 is 1.63 bits per heavy atom. The normalized spacial score (nSPS) is 21.7. The number of amides is 1. The number of allylic oxidation sites excluding steroid dienone is 3. The zero-order valence-electron chi connectivity index (χ0n) is 36.7. The van der Waals surface area contributed by atoms with Crippen molar-refractivity contribution in [2.45, 2.75) is 243 Å². The average Bonchev–Trinajstić information content (AvgIpc) is 3.20. The smallest absolute Gasteiger partial charge is 0.394 e. The Morgan fingerprint density at radius 2 is 1.14 bits per heavy atom. The number of aliphatic hydroxyl groups is 5. The highest BCUT2D eigenvalue weighted by atomic mass is 32.3. The van der Waals surface area contributed by atoms with Gasteiger partial charge in [-0.05, 0) is 32.1 Å². The molecule has 7 N–H and O–H groups in total. The molecule has 1 amide bonds. The van der Waals surface area contributed by atoms with Gasteiger partial charge in [0.05, 0.1) is 25.4 Å². The predicted molar refractivity (Wildman–Crippen MR) is 233 cm³/mol. The second kappa shape index (κ2) is 36.1. The molecular formula is C45H85NO12S. The van der Waals surface area contributed by atoms with Gasteiger partial charge in [-0.15, -0.1) is 0 Å². The van der Waals surface area contributed by atoms with Crippen LogP contribution in [0.2, 0.25) is 0 Å². The summed E-state index contributed by atoms with van der Waals surface area (Å²) in [6.45, 7) is 3.19. The Hall–Kier alpha value is -1.46. The van der Waals surface area contributed by atoms with Crippen molar-refractivity contribution in [2.24, 2.45) is 0 Å². The minimum atomic E-state index is -5.12. The summed E-state index contributed by atoms with van der Waals surface area (Å²) in [5, 5.41) is 55.1. The zero-order chi connectivity index (χ0) is 43.6. The van der Waals surface area contributed by atoms with Crippen molar-refractivity contribution in [1.29, 1.82) is 0 Å². The minimum absolute atomic E-state index is 0.240. The number of aliphatic hydroxyl groups excluding tert-OH is 5. The Balaban J connectivity index is 2.61. The molecule has 348 valence electrons. The molecule has 0 saturated carbocycles. The lowest BCUT2D eigenvalue weighted by Crippen LogP contribution is -2.61. The van der Waals surface area contributed by atoms with E-state index in [4.69, 9.17) is 9.47 Å². The highest BCUT2D eigenvalue weighted by Crippen LogP contribution is 2.26. The van der Waals surface area contributed by atoms with E-state index < -0.39 is 78.5 Å². The maximum Gasteiger partial charge on any atom is 0.397 e. The van der Waals surface area contributed by atoms with Gasteiger partial charge in [0.1, 0.15) is 30.5 Å². The van der Waals surface area contributed by atoms with Crippen LogP contribution in [0.15, 0.2) is 24.3 Å². The fourth-order valence-electron chi connectivity index (χ4n) is 7.36. The molecule has 0 aromatic carbocycles. The summed E-state index contributed by atoms with van der Waals surface area (Å²) < 4.78 is 47.5. The number of rotatable bonds is 39. The van der Waals surface area contributed by atoms with Crippen LogP contribution in [0.1, 0.15) is 194 Å². The molecule has 0 radical (unpaired) electrons. The summed E-state index contributed by atoms with van der Waals surface area (Å²) in [5.41, 5.74) is 0. The van der Waals surface area contributed by atoms with Gasteiger partial charge in [-0.1, -0.05) is 186 Å². The van der Waals surface area contributed by atoms with Crippen LogP contribution in [0.3, 0.4) is 0 Å². The third-order valence-electron chi connectivity index (χ3n) is 11.1. The first-order valence-corrected chi connectivity index (χ1v) is 24.7. The van der Waals surface area contributed by atoms with Crippen LogP contribution in [0.5, 0.6) is 0 Å². The number of hydrogen-bond acceptors (Lipinski definition) is 11. The Kier molecular flexibility index (Phi) is 34.0. The van der Waals surface area contributed by atoms with Crippen LogP contribution < -0.4 is 5.32 Å². The van der Waals surface area contributed by atoms with Gasteiger partial charge in [0, 0.05) is 0 Å². The van der Waals surface area contributed by atoms with E-state index in [9.17, 15) is 43.3 Å². The van der Waals surface area contributed by atoms with Gasteiger partial charge in [0.25, 0.3) is 0 Å². The van der Waals surface area contributed by atoms with Gasteiger partial charge < -0.3 is 40.3 Å². The molecule has 0 spiro atoms. The molecular weight excluding hydrogens is 779 g/mol. The average molecular weight is 864 g/mol. The molecule has 13 nitrogen and oxygen atoms in total. The number of unbranched alkanes of at least 4 members (excludes halogenated alkanes) is 24. The van der Waals surface area contributed by atoms with Crippen LogP contribution in [-0.4, -0.2) is 107 Å². The lowest BCUT2D eigenvalue weighted by molar-refractivity contribution is -0.298. The number of ether oxygens (including phenoxy) is 2. The molecule has 8 atom stereocenters. The Bertz CT molecular complexity index is 1170. The summed E-state index contributed by atoms with van der Waals surface area (Å²) in [5.74, 6) is -0.712. The Labute approximate surface area is 357 Å². The summed E-state index contributed by atoms with van der Waals surface area (Å²) in [7, 11) is -5.12. The molecule has 14 heteroatoms. The molecule has 1 fully saturated rings. The highest BCUT2D eigenvalue weighted by Gasteiger charge is 2.48. The van der Waals surface area contributed by atoms with Gasteiger partial charge >= 0.3 is 10.4 Å². The quantitative estimate of drug-likeness (QED) is 0.0179. The van der Waals surface area contributed by atoms with Crippen molar-refractivity contribution in [1.82, 2.24) is 5.32 Å². The Morgan fingerprint density at radius 1 is 0.678 bits per heavy atom. The molecule has 0 aliphatic carbocycles. The molecule has 59 heavy (non-hydrogen) atoms. The van der Waals surface area contributed by atoms with E-state index in [0.717, 1.165) is 38.5 Å². The standard InChI is InChI=1S/C45H85NO12S/c1-3-5-7-9-11-13-15-17-18-19-20-21-22-24-25-27-29-31-33-38(48)37(36-56-45-42(51)43(58-59(53,54)55)41(50)40(35-47)57-45)46-44(52)39(49)34-32-30-28-26-23-16-14-12-10-8-6-4-2/h24-25,31,33,37-43,45,47-51H,3-23,26-30,32,34-36H2,1-2H3,(H,46,52)(H,53,54,55)/b25-24+,33-31+. The fourth-order valence-corrected chi connectivity index (χ4v) is 7.87. The van der Waals surface area contributed by atoms with Crippen molar-refractivity contribution in [2.75, 3.05) is 13.2 Å². The SMILES string of the molecule is CCCCCCCCCCCCCC/C=C/CC/C=C/C(O)C(COC1OC(CO)C(O)C(OS(=O)(=O)O)C1O)NC(=O)C(O)CCCCCCCCCCCCCC. The summed E-state index contributed by atoms with van der Waals surface area (Å²) in [4.78, 5) is 13.1. The van der Waals surface area contributed by atoms with E-state index in [1.807, 2.05) is 0 Å². The molecule has 8 unspecified atom stereocenters. The summed E-state index contributed by atoms with van der Waals surface area (Å²) >= 11 is 0. The molecule has 0 aromatic rings. The number of hydrogen-bond donors (Lipinski definition) is 7. The van der Waals surface area contributed by atoms with Gasteiger partial charge in [-0.2, -0.15) is 8.42 Å². The van der Waals surface area contributed by atoms with Crippen molar-refractivity contribution in [3.8, 4) is 0 Å². The predicted octanol–water partition coefficient (Wildman–Crippen LogP) is 7.91. The zero-order valence-corrected chi connectivity index (χ0v) is 37.5. The molecule has 1 saturated heterocycles. The molecule has 1 aliphatic rings. The van der Waals surface area contributed by atoms with Crippen LogP contribution >= 0.6 is 0 Å². The fraction of sp³-hybridized carbons (Fsp3) is 0.889.